The molecule has 0 spiro atoms. The molecule has 2 aromatic carbocycles. The number of hydrogen-bond acceptors (Lipinski definition) is 9. The van der Waals surface area contributed by atoms with Crippen LogP contribution in [-0.2, 0) is 66.2 Å². The summed E-state index contributed by atoms with van der Waals surface area (Å²) >= 11 is 0. The van der Waals surface area contributed by atoms with Gasteiger partial charge < -0.3 is 31.3 Å². The molecule has 0 heterocycles. The van der Waals surface area contributed by atoms with Crippen LogP contribution in [0.4, 0.5) is 0 Å². The van der Waals surface area contributed by atoms with Gasteiger partial charge in [0.2, 0.25) is 0 Å². The second kappa shape index (κ2) is 21.0. The predicted molar refractivity (Wildman–Crippen MR) is 206 cm³/mol. The quantitative estimate of drug-likeness (QED) is 0.0486. The first-order valence-corrected chi connectivity index (χ1v) is 28.0. The fraction of sp³-hybridized carbons (Fsp3) is 0.500. The number of ether oxygens (including phenoxy) is 4. The van der Waals surface area contributed by atoms with Crippen molar-refractivity contribution in [2.75, 3.05) is 26.9 Å². The SMILES string of the molecule is C.C=CC(=O)OCc1cccc(C[Si](C)(C)O[Si](C)(C)O[Si](C)(CCCOCCOC)O[Si](C)(C)Cc2cccc(COC(=O)C=C)c2)c1. The molecule has 49 heavy (non-hydrogen) atoms. The Labute approximate surface area is 299 Å². The smallest absolute Gasteiger partial charge is 0.330 e. The van der Waals surface area contributed by atoms with Crippen LogP contribution in [0.3, 0.4) is 0 Å². The van der Waals surface area contributed by atoms with Gasteiger partial charge in [-0.3, -0.25) is 0 Å². The molecule has 0 aliphatic heterocycles. The summed E-state index contributed by atoms with van der Waals surface area (Å²) in [5.74, 6) is -0.880. The molecular weight excluding hydrogens is 689 g/mol. The molecule has 0 aromatic heterocycles. The highest BCUT2D eigenvalue weighted by Gasteiger charge is 2.46. The molecule has 0 aliphatic rings. The third kappa shape index (κ3) is 18.4. The molecule has 9 nitrogen and oxygen atoms in total. The summed E-state index contributed by atoms with van der Waals surface area (Å²) in [6, 6.07) is 18.6. The van der Waals surface area contributed by atoms with Crippen molar-refractivity contribution in [2.24, 2.45) is 0 Å². The average molecular weight is 749 g/mol. The Kier molecular flexibility index (Phi) is 19.1. The first kappa shape index (κ1) is 44.5. The van der Waals surface area contributed by atoms with E-state index >= 15 is 0 Å². The molecule has 1 atom stereocenters. The standard InChI is InChI=1S/C35H56O9Si4.CH4/c1-11-34(36)40-26-30-16-13-18-32(24-30)28-45(4,5)42-47(8,9)44-48(10,23-15-20-39-22-21-38-3)43-46(6,7)29-33-19-14-17-31(25-33)27-41-35(37)12-2;/h11-14,16-19,24-25H,1-2,15,20-23,26-29H2,3-10H3;1H4. The van der Waals surface area contributed by atoms with Crippen LogP contribution in [0.5, 0.6) is 0 Å². The van der Waals surface area contributed by atoms with E-state index in [1.165, 1.54) is 12.2 Å². The molecule has 0 bridgehead atoms. The van der Waals surface area contributed by atoms with Crippen LogP contribution in [0.2, 0.25) is 51.9 Å². The summed E-state index contributed by atoms with van der Waals surface area (Å²) in [6.45, 7) is 24.4. The van der Waals surface area contributed by atoms with Crippen LogP contribution in [0, 0.1) is 0 Å². The van der Waals surface area contributed by atoms with Gasteiger partial charge in [0.25, 0.3) is 0 Å². The van der Waals surface area contributed by atoms with Gasteiger partial charge >= 0.3 is 29.1 Å². The van der Waals surface area contributed by atoms with E-state index in [0.717, 1.165) is 46.8 Å². The minimum absolute atomic E-state index is 0. The molecule has 13 heteroatoms. The molecule has 0 N–H and O–H groups in total. The van der Waals surface area contributed by atoms with Crippen molar-refractivity contribution in [3.8, 4) is 0 Å². The highest BCUT2D eigenvalue weighted by atomic mass is 28.5. The molecule has 0 aliphatic carbocycles. The summed E-state index contributed by atoms with van der Waals surface area (Å²) in [7, 11) is -8.27. The minimum Gasteiger partial charge on any atom is -0.458 e. The number of esters is 2. The van der Waals surface area contributed by atoms with Crippen molar-refractivity contribution in [2.45, 2.75) is 91.0 Å². The van der Waals surface area contributed by atoms with Crippen LogP contribution in [0.15, 0.2) is 73.8 Å². The van der Waals surface area contributed by atoms with Crippen LogP contribution < -0.4 is 0 Å². The van der Waals surface area contributed by atoms with Gasteiger partial charge in [-0.05, 0) is 92.6 Å². The summed E-state index contributed by atoms with van der Waals surface area (Å²) in [4.78, 5) is 23.1. The molecule has 2 rings (SSSR count). The Morgan fingerprint density at radius 2 is 1.14 bits per heavy atom. The number of carbonyl (C=O) groups excluding carboxylic acids is 2. The molecule has 0 amide bonds. The maximum Gasteiger partial charge on any atom is 0.330 e. The topological polar surface area (TPSA) is 98.8 Å². The van der Waals surface area contributed by atoms with Gasteiger partial charge in [0.1, 0.15) is 13.2 Å². The zero-order valence-corrected chi connectivity index (χ0v) is 34.2. The van der Waals surface area contributed by atoms with Crippen molar-refractivity contribution in [1.29, 1.82) is 0 Å². The summed E-state index contributed by atoms with van der Waals surface area (Å²) in [5, 5.41) is 0. The monoisotopic (exact) mass is 748 g/mol. The van der Waals surface area contributed by atoms with Gasteiger partial charge in [-0.25, -0.2) is 9.59 Å². The number of benzene rings is 2. The molecule has 0 fully saturated rings. The van der Waals surface area contributed by atoms with Crippen LogP contribution in [0.1, 0.15) is 36.1 Å². The maximum absolute atomic E-state index is 11.6. The lowest BCUT2D eigenvalue weighted by molar-refractivity contribution is -0.139. The molecule has 1 unspecified atom stereocenters. The second-order valence-electron chi connectivity index (χ2n) is 13.7. The first-order chi connectivity index (χ1) is 22.5. The molecule has 0 saturated carbocycles. The Morgan fingerprint density at radius 3 is 1.61 bits per heavy atom. The Morgan fingerprint density at radius 1 is 0.673 bits per heavy atom. The fourth-order valence-electron chi connectivity index (χ4n) is 5.79. The Hall–Kier alpha value is -2.47. The first-order valence-electron chi connectivity index (χ1n) is 16.4. The van der Waals surface area contributed by atoms with Crippen LogP contribution in [0.25, 0.3) is 0 Å². The lowest BCUT2D eigenvalue weighted by Gasteiger charge is -2.42. The van der Waals surface area contributed by atoms with Gasteiger partial charge in [-0.15, -0.1) is 0 Å². The van der Waals surface area contributed by atoms with E-state index < -0.39 is 45.7 Å². The Bertz CT molecular complexity index is 1350. The number of rotatable bonds is 23. The van der Waals surface area contributed by atoms with Crippen molar-refractivity contribution in [3.63, 3.8) is 0 Å². The largest absolute Gasteiger partial charge is 0.458 e. The highest BCUT2D eigenvalue weighted by Crippen LogP contribution is 2.30. The third-order valence-electron chi connectivity index (χ3n) is 7.17. The minimum atomic E-state index is -2.74. The van der Waals surface area contributed by atoms with Crippen LogP contribution in [-0.4, -0.2) is 72.6 Å². The van der Waals surface area contributed by atoms with E-state index in [2.05, 4.69) is 83.3 Å². The van der Waals surface area contributed by atoms with Gasteiger partial charge in [0, 0.05) is 25.9 Å². The van der Waals surface area contributed by atoms with Crippen molar-refractivity contribution < 1.29 is 40.9 Å². The average Bonchev–Trinajstić information content (AvgIpc) is 2.98. The van der Waals surface area contributed by atoms with Gasteiger partial charge in [0.05, 0.1) is 13.2 Å². The van der Waals surface area contributed by atoms with E-state index in [-0.39, 0.29) is 20.6 Å². The van der Waals surface area contributed by atoms with Crippen LogP contribution >= 0.6 is 0 Å². The van der Waals surface area contributed by atoms with Gasteiger partial charge in [0.15, 0.2) is 16.6 Å². The van der Waals surface area contributed by atoms with Crippen molar-refractivity contribution in [3.05, 3.63) is 96.1 Å². The normalized spacial score (nSPS) is 13.1. The van der Waals surface area contributed by atoms with E-state index in [0.29, 0.717) is 19.8 Å². The number of methoxy groups -OCH3 is 1. The summed E-state index contributed by atoms with van der Waals surface area (Å²) < 4.78 is 42.6. The lowest BCUT2D eigenvalue weighted by atomic mass is 10.1. The second-order valence-corrected chi connectivity index (χ2v) is 29.4. The summed E-state index contributed by atoms with van der Waals surface area (Å²) in [5.41, 5.74) is 4.13. The fourth-order valence-corrected chi connectivity index (χ4v) is 25.6. The molecule has 274 valence electrons. The van der Waals surface area contributed by atoms with Gasteiger partial charge in [-0.1, -0.05) is 69.1 Å². The molecule has 0 radical (unpaired) electrons. The maximum atomic E-state index is 11.6. The zero-order valence-electron chi connectivity index (χ0n) is 30.2. The molecule has 2 aromatic rings. The third-order valence-corrected chi connectivity index (χ3v) is 22.8. The lowest BCUT2D eigenvalue weighted by Crippen LogP contribution is -2.58. The Balaban J connectivity index is 0.0000120. The van der Waals surface area contributed by atoms with Crippen molar-refractivity contribution >= 4 is 45.7 Å². The number of hydrogen-bond donors (Lipinski definition) is 0. The molecule has 0 saturated heterocycles. The highest BCUT2D eigenvalue weighted by molar-refractivity contribution is 6.89. The van der Waals surface area contributed by atoms with Gasteiger partial charge in [-0.2, -0.15) is 0 Å². The van der Waals surface area contributed by atoms with E-state index in [9.17, 15) is 9.59 Å². The van der Waals surface area contributed by atoms with E-state index in [4.69, 9.17) is 31.3 Å². The summed E-state index contributed by atoms with van der Waals surface area (Å²) in [6.07, 6.45) is 3.16. The zero-order chi connectivity index (χ0) is 35.8. The van der Waals surface area contributed by atoms with E-state index in [1.54, 1.807) is 7.11 Å². The predicted octanol–water partition coefficient (Wildman–Crippen LogP) is 7.93. The van der Waals surface area contributed by atoms with E-state index in [1.807, 2.05) is 24.3 Å². The number of carbonyl (C=O) groups is 2. The molecular formula is C36H60O9Si4. The van der Waals surface area contributed by atoms with Crippen molar-refractivity contribution in [1.82, 2.24) is 0 Å².